The summed E-state index contributed by atoms with van der Waals surface area (Å²) in [5.74, 6) is 0. The van der Waals surface area contributed by atoms with E-state index in [0.29, 0.717) is 12.1 Å². The topological polar surface area (TPSA) is 60.4 Å². The lowest BCUT2D eigenvalue weighted by Gasteiger charge is -2.08. The summed E-state index contributed by atoms with van der Waals surface area (Å²) < 4.78 is 64.6. The maximum atomic E-state index is 12.4. The molecule has 0 bridgehead atoms. The number of carbonyl (C=O) groups excluding carboxylic acids is 1. The van der Waals surface area contributed by atoms with Gasteiger partial charge in [-0.3, -0.25) is 0 Å². The van der Waals surface area contributed by atoms with Crippen molar-refractivity contribution in [2.24, 2.45) is 0 Å². The molecule has 0 heterocycles. The Kier molecular flexibility index (Phi) is 4.00. The second-order valence-electron chi connectivity index (χ2n) is 3.21. The third kappa shape index (κ3) is 3.00. The van der Waals surface area contributed by atoms with Crippen LogP contribution in [0.5, 0.6) is 0 Å². The van der Waals surface area contributed by atoms with E-state index in [2.05, 4.69) is 4.74 Å². The predicted octanol–water partition coefficient (Wildman–Crippen LogP) is 2.64. The molecular formula is C10H9F3O4S. The lowest BCUT2D eigenvalue weighted by Crippen LogP contribution is -2.17. The summed E-state index contributed by atoms with van der Waals surface area (Å²) in [7, 11) is -4.55. The zero-order valence-electron chi connectivity index (χ0n) is 9.19. The summed E-state index contributed by atoms with van der Waals surface area (Å²) in [5.41, 5.74) is -1.15. The van der Waals surface area contributed by atoms with Crippen LogP contribution in [-0.4, -0.2) is 20.3 Å². The molecule has 0 spiro atoms. The summed E-state index contributed by atoms with van der Waals surface area (Å²) in [6.45, 7) is 1.20. The Hall–Kier alpha value is -1.57. The Bertz CT molecular complexity index is 548. The number of alkyl halides is 3. The van der Waals surface area contributed by atoms with Crippen molar-refractivity contribution in [1.82, 2.24) is 0 Å². The van der Waals surface area contributed by atoms with Crippen LogP contribution in [-0.2, 0) is 20.8 Å². The molecule has 18 heavy (non-hydrogen) atoms. The van der Waals surface area contributed by atoms with Gasteiger partial charge in [-0.1, -0.05) is 6.07 Å². The minimum atomic E-state index is -4.68. The first-order valence-corrected chi connectivity index (χ1v) is 6.27. The molecule has 0 fully saturated rings. The van der Waals surface area contributed by atoms with E-state index in [9.17, 15) is 26.4 Å². The van der Waals surface area contributed by atoms with E-state index in [0.717, 1.165) is 12.1 Å². The van der Waals surface area contributed by atoms with Crippen LogP contribution in [0.15, 0.2) is 29.2 Å². The van der Waals surface area contributed by atoms with Gasteiger partial charge in [-0.2, -0.15) is 13.2 Å². The van der Waals surface area contributed by atoms with Gasteiger partial charge in [-0.05, 0) is 25.1 Å². The van der Waals surface area contributed by atoms with Gasteiger partial charge < -0.3 is 4.74 Å². The molecule has 0 aliphatic rings. The lowest BCUT2D eigenvalue weighted by atomic mass is 10.2. The highest BCUT2D eigenvalue weighted by Gasteiger charge is 2.33. The van der Waals surface area contributed by atoms with Crippen LogP contribution in [0.3, 0.4) is 0 Å². The highest BCUT2D eigenvalue weighted by molar-refractivity contribution is 8.05. The third-order valence-corrected chi connectivity index (χ3v) is 3.38. The first-order valence-electron chi connectivity index (χ1n) is 4.78. The Morgan fingerprint density at radius 1 is 1.33 bits per heavy atom. The van der Waals surface area contributed by atoms with Gasteiger partial charge in [0.15, 0.2) is 0 Å². The molecule has 0 aliphatic heterocycles. The van der Waals surface area contributed by atoms with Crippen LogP contribution in [0.1, 0.15) is 12.5 Å². The summed E-state index contributed by atoms with van der Waals surface area (Å²) in [6, 6.07) is 2.92. The molecule has 0 unspecified atom stereocenters. The fourth-order valence-electron chi connectivity index (χ4n) is 1.13. The van der Waals surface area contributed by atoms with Gasteiger partial charge in [-0.25, -0.2) is 13.2 Å². The number of sulfone groups is 1. The van der Waals surface area contributed by atoms with E-state index < -0.39 is 31.8 Å². The van der Waals surface area contributed by atoms with Crippen molar-refractivity contribution in [3.8, 4) is 0 Å². The van der Waals surface area contributed by atoms with Crippen molar-refractivity contribution < 1.29 is 31.1 Å². The zero-order valence-corrected chi connectivity index (χ0v) is 10.0. The molecule has 100 valence electrons. The maximum absolute atomic E-state index is 12.4. The molecular weight excluding hydrogens is 273 g/mol. The van der Waals surface area contributed by atoms with Gasteiger partial charge >= 0.3 is 11.5 Å². The number of halogens is 3. The van der Waals surface area contributed by atoms with Gasteiger partial charge in [0.05, 0.1) is 17.1 Å². The van der Waals surface area contributed by atoms with Crippen molar-refractivity contribution in [1.29, 1.82) is 0 Å². The molecule has 0 N–H and O–H groups in total. The zero-order chi connectivity index (χ0) is 14.0. The lowest BCUT2D eigenvalue weighted by molar-refractivity contribution is -0.137. The molecule has 1 aromatic carbocycles. The normalized spacial score (nSPS) is 12.2. The summed E-state index contributed by atoms with van der Waals surface area (Å²) >= 11 is 0. The molecule has 0 atom stereocenters. The molecule has 0 aliphatic carbocycles. The molecule has 0 radical (unpaired) electrons. The fourth-order valence-corrected chi connectivity index (χ4v) is 2.14. The number of ether oxygens (including phenoxy) is 1. The highest BCUT2D eigenvalue weighted by atomic mass is 32.2. The number of rotatable bonds is 2. The Balaban J connectivity index is 3.23. The molecule has 1 rings (SSSR count). The summed E-state index contributed by atoms with van der Waals surface area (Å²) in [5, 5.41) is -1.57. The van der Waals surface area contributed by atoms with Crippen LogP contribution in [0.25, 0.3) is 0 Å². The van der Waals surface area contributed by atoms with E-state index in [1.54, 1.807) is 0 Å². The van der Waals surface area contributed by atoms with Crippen molar-refractivity contribution in [2.45, 2.75) is 18.0 Å². The monoisotopic (exact) mass is 282 g/mol. The molecule has 0 saturated carbocycles. The smallest absolute Gasteiger partial charge is 0.429 e. The SMILES string of the molecule is CCOC(=O)S(=O)(=O)c1cccc(C(F)(F)F)c1. The standard InChI is InChI=1S/C10H9F3O4S/c1-2-17-9(14)18(15,16)8-5-3-4-7(6-8)10(11,12)13/h3-6H,2H2,1H3. The first kappa shape index (κ1) is 14.5. The highest BCUT2D eigenvalue weighted by Crippen LogP contribution is 2.30. The Labute approximate surface area is 101 Å². The third-order valence-electron chi connectivity index (χ3n) is 1.95. The van der Waals surface area contributed by atoms with E-state index in [1.165, 1.54) is 6.92 Å². The molecule has 1 aromatic rings. The first-order chi connectivity index (χ1) is 8.19. The van der Waals surface area contributed by atoms with Crippen molar-refractivity contribution in [2.75, 3.05) is 6.61 Å². The van der Waals surface area contributed by atoms with E-state index in [4.69, 9.17) is 0 Å². The summed E-state index contributed by atoms with van der Waals surface area (Å²) in [4.78, 5) is 10.4. The molecule has 0 amide bonds. The minimum absolute atomic E-state index is 0.184. The van der Waals surface area contributed by atoms with Gasteiger partial charge in [0, 0.05) is 0 Å². The van der Waals surface area contributed by atoms with Crippen molar-refractivity contribution in [3.63, 3.8) is 0 Å². The molecule has 8 heteroatoms. The predicted molar refractivity (Wildman–Crippen MR) is 55.7 cm³/mol. The van der Waals surface area contributed by atoms with Crippen LogP contribution >= 0.6 is 0 Å². The molecule has 0 aromatic heterocycles. The number of carbonyl (C=O) groups is 1. The van der Waals surface area contributed by atoms with Crippen LogP contribution in [0.4, 0.5) is 18.0 Å². The maximum Gasteiger partial charge on any atom is 0.429 e. The minimum Gasteiger partial charge on any atom is -0.454 e. The Morgan fingerprint density at radius 3 is 2.44 bits per heavy atom. The quantitative estimate of drug-likeness (QED) is 0.782. The average molecular weight is 282 g/mol. The van der Waals surface area contributed by atoms with E-state index in [-0.39, 0.29) is 6.61 Å². The number of hydrogen-bond donors (Lipinski definition) is 0. The van der Waals surface area contributed by atoms with Crippen molar-refractivity contribution >= 4 is 15.1 Å². The van der Waals surface area contributed by atoms with Crippen molar-refractivity contribution in [3.05, 3.63) is 29.8 Å². The summed E-state index contributed by atoms with van der Waals surface area (Å²) in [6.07, 6.45) is -4.68. The van der Waals surface area contributed by atoms with E-state index >= 15 is 0 Å². The number of benzene rings is 1. The van der Waals surface area contributed by atoms with Gasteiger partial charge in [0.25, 0.3) is 9.84 Å². The number of hydrogen-bond acceptors (Lipinski definition) is 4. The van der Waals surface area contributed by atoms with Gasteiger partial charge in [0.1, 0.15) is 0 Å². The van der Waals surface area contributed by atoms with Gasteiger partial charge in [0.2, 0.25) is 0 Å². The average Bonchev–Trinajstić information content (AvgIpc) is 2.28. The van der Waals surface area contributed by atoms with Gasteiger partial charge in [-0.15, -0.1) is 0 Å². The van der Waals surface area contributed by atoms with Crippen LogP contribution in [0, 0.1) is 0 Å². The second kappa shape index (κ2) is 4.97. The second-order valence-corrected chi connectivity index (χ2v) is 5.02. The largest absolute Gasteiger partial charge is 0.454 e. The van der Waals surface area contributed by atoms with E-state index in [1.807, 2.05) is 0 Å². The van der Waals surface area contributed by atoms with Crippen LogP contribution in [0.2, 0.25) is 0 Å². The Morgan fingerprint density at radius 2 is 1.94 bits per heavy atom. The van der Waals surface area contributed by atoms with Crippen LogP contribution < -0.4 is 0 Å². The molecule has 0 saturated heterocycles. The molecule has 4 nitrogen and oxygen atoms in total. The fraction of sp³-hybridized carbons (Fsp3) is 0.300.